The zero-order valence-electron chi connectivity index (χ0n) is 42.2. The predicted octanol–water partition coefficient (Wildman–Crippen LogP) is 18.1. The summed E-state index contributed by atoms with van der Waals surface area (Å²) in [5.41, 5.74) is 20.6. The van der Waals surface area contributed by atoms with Crippen LogP contribution in [0.1, 0.15) is 74.9 Å². The van der Waals surface area contributed by atoms with E-state index in [2.05, 4.69) is 268 Å². The molecule has 9 heteroatoms. The smallest absolute Gasteiger partial charge is 0.0887 e. The van der Waals surface area contributed by atoms with Crippen LogP contribution in [0.4, 0.5) is 45.5 Å². The maximum Gasteiger partial charge on any atom is 0.0887 e. The molecule has 13 rings (SSSR count). The van der Waals surface area contributed by atoms with E-state index in [4.69, 9.17) is 9.97 Å². The van der Waals surface area contributed by atoms with Crippen LogP contribution in [-0.2, 0) is 16.2 Å². The highest BCUT2D eigenvalue weighted by molar-refractivity contribution is 9.10. The van der Waals surface area contributed by atoms with Gasteiger partial charge in [-0.05, 0) is 150 Å². The number of halogens is 2. The third-order valence-electron chi connectivity index (χ3n) is 14.7. The Morgan fingerprint density at radius 2 is 0.581 bits per heavy atom. The summed E-state index contributed by atoms with van der Waals surface area (Å²) < 4.78 is 1.94. The van der Waals surface area contributed by atoms with E-state index < -0.39 is 0 Å². The van der Waals surface area contributed by atoms with Gasteiger partial charge < -0.3 is 15.1 Å². The molecule has 7 nitrogen and oxygen atoms in total. The zero-order chi connectivity index (χ0) is 51.2. The normalized spacial score (nSPS) is 14.6. The Hall–Kier alpha value is -7.72. The van der Waals surface area contributed by atoms with Gasteiger partial charge in [0.25, 0.3) is 0 Å². The van der Waals surface area contributed by atoms with Gasteiger partial charge in [-0.1, -0.05) is 151 Å². The van der Waals surface area contributed by atoms with Crippen molar-refractivity contribution >= 4 is 77.4 Å². The lowest BCUT2D eigenvalue weighted by Gasteiger charge is -2.41. The van der Waals surface area contributed by atoms with Crippen molar-refractivity contribution in [2.45, 2.75) is 57.8 Å². The van der Waals surface area contributed by atoms with Crippen molar-refractivity contribution in [2.75, 3.05) is 15.1 Å². The molecule has 3 aliphatic rings. The molecule has 1 N–H and O–H groups in total. The van der Waals surface area contributed by atoms with Crippen molar-refractivity contribution in [3.05, 3.63) is 261 Å². The van der Waals surface area contributed by atoms with E-state index >= 15 is 0 Å². The van der Waals surface area contributed by atoms with E-state index in [1.54, 1.807) is 12.4 Å². The molecule has 0 saturated heterocycles. The Morgan fingerprint density at radius 1 is 0.311 bits per heavy atom. The number of fused-ring (bicyclic) bond motifs is 6. The van der Waals surface area contributed by atoms with Crippen LogP contribution >= 0.6 is 31.9 Å². The standard InChI is InChI=1S/C40H34N4.C15H15N.C10H6Br2N2/c1-39(2)29-13-5-9-17-35(29)43(36-18-10-6-14-30(36)39)27-21-23-33(41-25-27)34-24-22-28(26-42-34)44-37-19-11-7-15-31(37)40(3,4)32-16-8-12-20-38(32)44;1-15(2)11-7-3-5-9-13(11)16-14-10-6-4-8-12(14)15;11-7-1-3-9(13-5-7)10-4-2-8(12)6-14-10/h5-26H,1-4H3;3-10,16H,1-2H3;1-6H. The second kappa shape index (κ2) is 19.6. The highest BCUT2D eigenvalue weighted by atomic mass is 79.9. The van der Waals surface area contributed by atoms with E-state index in [0.717, 1.165) is 43.1 Å². The minimum atomic E-state index is -0.0894. The van der Waals surface area contributed by atoms with Crippen molar-refractivity contribution in [1.29, 1.82) is 0 Å². The first kappa shape index (κ1) is 48.5. The molecular weight excluding hydrogens is 1040 g/mol. The minimum absolute atomic E-state index is 0.0818. The number of hydrogen-bond donors (Lipinski definition) is 1. The van der Waals surface area contributed by atoms with Crippen molar-refractivity contribution in [3.8, 4) is 22.8 Å². The summed E-state index contributed by atoms with van der Waals surface area (Å²) in [4.78, 5) is 23.0. The second-order valence-electron chi connectivity index (χ2n) is 20.4. The van der Waals surface area contributed by atoms with Gasteiger partial charge in [0.05, 0.1) is 69.3 Å². The molecule has 364 valence electrons. The predicted molar refractivity (Wildman–Crippen MR) is 312 cm³/mol. The van der Waals surface area contributed by atoms with Crippen LogP contribution in [0.15, 0.2) is 228 Å². The number of nitrogens with zero attached hydrogens (tertiary/aromatic N) is 6. The fourth-order valence-corrected chi connectivity index (χ4v) is 11.3. The highest BCUT2D eigenvalue weighted by Crippen LogP contribution is 2.53. The lowest BCUT2D eigenvalue weighted by atomic mass is 9.73. The Bertz CT molecular complexity index is 3310. The van der Waals surface area contributed by atoms with Gasteiger partial charge in [-0.25, -0.2) is 0 Å². The monoisotopic (exact) mass is 1090 g/mol. The fraction of sp³-hybridized carbons (Fsp3) is 0.138. The van der Waals surface area contributed by atoms with E-state index in [9.17, 15) is 0 Å². The highest BCUT2D eigenvalue weighted by Gasteiger charge is 2.38. The number of hydrogen-bond acceptors (Lipinski definition) is 7. The molecule has 0 radical (unpaired) electrons. The maximum atomic E-state index is 4.92. The lowest BCUT2D eigenvalue weighted by Crippen LogP contribution is -2.30. The van der Waals surface area contributed by atoms with Crippen LogP contribution in [0.5, 0.6) is 0 Å². The summed E-state index contributed by atoms with van der Waals surface area (Å²) in [5.74, 6) is 0. The maximum absolute atomic E-state index is 4.92. The first-order chi connectivity index (χ1) is 35.8. The van der Waals surface area contributed by atoms with Gasteiger partial charge in [0.15, 0.2) is 0 Å². The molecule has 0 amide bonds. The lowest BCUT2D eigenvalue weighted by molar-refractivity contribution is 0.631. The molecular formula is C65H55Br2N7. The Balaban J connectivity index is 0.000000158. The van der Waals surface area contributed by atoms with Crippen LogP contribution in [0.25, 0.3) is 22.8 Å². The van der Waals surface area contributed by atoms with Crippen LogP contribution in [0.2, 0.25) is 0 Å². The number of nitrogens with one attached hydrogen (secondary N) is 1. The van der Waals surface area contributed by atoms with Crippen LogP contribution in [0, 0.1) is 0 Å². The van der Waals surface area contributed by atoms with Crippen LogP contribution in [0.3, 0.4) is 0 Å². The van der Waals surface area contributed by atoms with Gasteiger partial charge >= 0.3 is 0 Å². The molecule has 7 heterocycles. The van der Waals surface area contributed by atoms with Gasteiger partial charge in [-0.3, -0.25) is 19.9 Å². The van der Waals surface area contributed by atoms with Gasteiger partial charge in [-0.2, -0.15) is 0 Å². The number of rotatable bonds is 4. The molecule has 0 fully saturated rings. The molecule has 0 spiro atoms. The summed E-state index contributed by atoms with van der Waals surface area (Å²) in [6, 6.07) is 68.1. The van der Waals surface area contributed by atoms with Crippen molar-refractivity contribution < 1.29 is 0 Å². The quantitative estimate of drug-likeness (QED) is 0.188. The Labute approximate surface area is 451 Å². The molecule has 3 aliphatic heterocycles. The van der Waals surface area contributed by atoms with Gasteiger partial charge in [0.1, 0.15) is 0 Å². The summed E-state index contributed by atoms with van der Waals surface area (Å²) in [7, 11) is 0. The van der Waals surface area contributed by atoms with Gasteiger partial charge in [0, 0.05) is 49.0 Å². The number of aromatic nitrogens is 4. The average molecular weight is 1090 g/mol. The second-order valence-corrected chi connectivity index (χ2v) is 22.2. The van der Waals surface area contributed by atoms with Crippen molar-refractivity contribution in [1.82, 2.24) is 19.9 Å². The average Bonchev–Trinajstić information content (AvgIpc) is 3.44. The first-order valence-electron chi connectivity index (χ1n) is 24.9. The summed E-state index contributed by atoms with van der Waals surface area (Å²) in [5, 5.41) is 3.50. The molecule has 0 saturated carbocycles. The number of para-hydroxylation sites is 6. The summed E-state index contributed by atoms with van der Waals surface area (Å²) >= 11 is 6.68. The third-order valence-corrected chi connectivity index (χ3v) is 15.7. The molecule has 10 aromatic rings. The zero-order valence-corrected chi connectivity index (χ0v) is 45.4. The van der Waals surface area contributed by atoms with Gasteiger partial charge in [-0.15, -0.1) is 0 Å². The van der Waals surface area contributed by atoms with Crippen molar-refractivity contribution in [3.63, 3.8) is 0 Å². The minimum Gasteiger partial charge on any atom is -0.355 e. The Morgan fingerprint density at radius 3 is 0.878 bits per heavy atom. The van der Waals surface area contributed by atoms with Gasteiger partial charge in [0.2, 0.25) is 0 Å². The number of anilines is 8. The number of pyridine rings is 4. The van der Waals surface area contributed by atoms with Crippen LogP contribution < -0.4 is 15.1 Å². The molecule has 4 aromatic heterocycles. The van der Waals surface area contributed by atoms with E-state index in [-0.39, 0.29) is 16.2 Å². The third kappa shape index (κ3) is 8.88. The largest absolute Gasteiger partial charge is 0.355 e. The van der Waals surface area contributed by atoms with Crippen molar-refractivity contribution in [2.24, 2.45) is 0 Å². The molecule has 74 heavy (non-hydrogen) atoms. The molecule has 0 atom stereocenters. The van der Waals surface area contributed by atoms with E-state index in [1.165, 1.54) is 67.5 Å². The molecule has 0 aliphatic carbocycles. The van der Waals surface area contributed by atoms with Crippen LogP contribution in [-0.4, -0.2) is 19.9 Å². The SMILES string of the molecule is Brc1ccc(-c2ccc(Br)cn2)nc1.CC1(C)c2ccccc2N(c2ccc(-c3ccc(N4c5ccccc5C(C)(C)c5ccccc54)cn3)nc2)c2ccccc21.CC1(C)c2ccccc2Nc2ccccc21. The molecule has 0 unspecified atom stereocenters. The summed E-state index contributed by atoms with van der Waals surface area (Å²) in [6.07, 6.45) is 7.46. The molecule has 6 aromatic carbocycles. The Kier molecular flexibility index (Phi) is 12.9. The molecule has 0 bridgehead atoms. The number of benzene rings is 6. The first-order valence-corrected chi connectivity index (χ1v) is 26.5. The topological polar surface area (TPSA) is 70.1 Å². The van der Waals surface area contributed by atoms with E-state index in [1.807, 2.05) is 36.7 Å². The fourth-order valence-electron chi connectivity index (χ4n) is 10.9. The summed E-state index contributed by atoms with van der Waals surface area (Å²) in [6.45, 7) is 13.8. The van der Waals surface area contributed by atoms with E-state index in [0.29, 0.717) is 0 Å².